The third kappa shape index (κ3) is 5.07. The summed E-state index contributed by atoms with van der Waals surface area (Å²) >= 11 is 0. The monoisotopic (exact) mass is 369 g/mol. The Balaban J connectivity index is 2.01. The number of nitrogens with one attached hydrogen (secondary N) is 1. The Kier molecular flexibility index (Phi) is 6.63. The number of aliphatic imine (C=N–C) groups is 1. The number of hydrogen-bond donors (Lipinski definition) is 2. The van der Waals surface area contributed by atoms with Gasteiger partial charge >= 0.3 is 0 Å². The van der Waals surface area contributed by atoms with Crippen LogP contribution in [0.5, 0.6) is 5.75 Å². The Morgan fingerprint density at radius 3 is 2.64 bits per heavy atom. The zero-order chi connectivity index (χ0) is 18.4. The lowest BCUT2D eigenvalue weighted by Crippen LogP contribution is -2.50. The van der Waals surface area contributed by atoms with E-state index < -0.39 is 10.2 Å². The molecule has 2 rings (SSSR count). The van der Waals surface area contributed by atoms with Gasteiger partial charge in [-0.2, -0.15) is 17.0 Å². The van der Waals surface area contributed by atoms with Gasteiger partial charge in [0.05, 0.1) is 13.7 Å². The predicted octanol–water partition coefficient (Wildman–Crippen LogP) is 1.08. The molecule has 3 N–H and O–H groups in total. The fraction of sp³-hybridized carbons (Fsp3) is 0.562. The highest BCUT2D eigenvalue weighted by Crippen LogP contribution is 2.22. The second-order valence-electron chi connectivity index (χ2n) is 6.13. The first-order valence-corrected chi connectivity index (χ1v) is 9.64. The van der Waals surface area contributed by atoms with E-state index in [1.807, 2.05) is 24.3 Å². The molecule has 1 aromatic carbocycles. The minimum Gasteiger partial charge on any atom is -0.497 e. The fourth-order valence-electron chi connectivity index (χ4n) is 2.74. The lowest BCUT2D eigenvalue weighted by Gasteiger charge is -2.35. The van der Waals surface area contributed by atoms with Crippen LogP contribution in [0.15, 0.2) is 29.3 Å². The van der Waals surface area contributed by atoms with E-state index in [1.54, 1.807) is 21.2 Å². The standard InChI is InChI=1S/C16H27N5O3S/c1-20(2)25(22,23)21-11-5-4-6-14(21)12-18-16(17)19-13-7-9-15(24-3)10-8-13/h7-10,14H,4-6,11-12H2,1-3H3,(H3,17,18,19). The summed E-state index contributed by atoms with van der Waals surface area (Å²) in [5, 5.41) is 3.00. The SMILES string of the molecule is COc1ccc(NC(N)=NCC2CCCCN2S(=O)(=O)N(C)C)cc1. The summed E-state index contributed by atoms with van der Waals surface area (Å²) in [6.07, 6.45) is 2.64. The molecular weight excluding hydrogens is 342 g/mol. The Labute approximate surface area is 149 Å². The van der Waals surface area contributed by atoms with Crippen molar-refractivity contribution >= 4 is 21.9 Å². The maximum Gasteiger partial charge on any atom is 0.281 e. The van der Waals surface area contributed by atoms with E-state index in [2.05, 4.69) is 10.3 Å². The largest absolute Gasteiger partial charge is 0.497 e. The summed E-state index contributed by atoms with van der Waals surface area (Å²) in [5.74, 6) is 1.02. The molecule has 1 saturated heterocycles. The molecule has 0 radical (unpaired) electrons. The number of hydrogen-bond acceptors (Lipinski definition) is 4. The first-order valence-electron chi connectivity index (χ1n) is 8.25. The van der Waals surface area contributed by atoms with Crippen molar-refractivity contribution in [1.82, 2.24) is 8.61 Å². The molecule has 1 aliphatic rings. The predicted molar refractivity (Wildman–Crippen MR) is 100 cm³/mol. The van der Waals surface area contributed by atoms with Crippen LogP contribution in [0.25, 0.3) is 0 Å². The molecule has 0 saturated carbocycles. The van der Waals surface area contributed by atoms with E-state index in [9.17, 15) is 8.42 Å². The van der Waals surface area contributed by atoms with Crippen molar-refractivity contribution in [2.24, 2.45) is 10.7 Å². The molecule has 1 atom stereocenters. The van der Waals surface area contributed by atoms with Gasteiger partial charge in [0.25, 0.3) is 10.2 Å². The van der Waals surface area contributed by atoms with E-state index in [4.69, 9.17) is 10.5 Å². The maximum atomic E-state index is 12.4. The Morgan fingerprint density at radius 1 is 1.36 bits per heavy atom. The number of rotatable bonds is 6. The minimum absolute atomic E-state index is 0.169. The third-order valence-corrected chi connectivity index (χ3v) is 6.16. The van der Waals surface area contributed by atoms with E-state index >= 15 is 0 Å². The summed E-state index contributed by atoms with van der Waals surface area (Å²) < 4.78 is 32.8. The lowest BCUT2D eigenvalue weighted by atomic mass is 10.1. The highest BCUT2D eigenvalue weighted by atomic mass is 32.2. The number of nitrogens with zero attached hydrogens (tertiary/aromatic N) is 3. The first kappa shape index (κ1) is 19.5. The van der Waals surface area contributed by atoms with Crippen molar-refractivity contribution in [3.05, 3.63) is 24.3 Å². The van der Waals surface area contributed by atoms with Gasteiger partial charge in [-0.05, 0) is 37.1 Å². The van der Waals surface area contributed by atoms with Crippen molar-refractivity contribution in [1.29, 1.82) is 0 Å². The summed E-state index contributed by atoms with van der Waals surface area (Å²) in [5.41, 5.74) is 6.73. The second kappa shape index (κ2) is 8.50. The van der Waals surface area contributed by atoms with Crippen LogP contribution in [0.1, 0.15) is 19.3 Å². The molecule has 0 spiro atoms. The normalized spacial score (nSPS) is 19.8. The fourth-order valence-corrected chi connectivity index (χ4v) is 4.06. The highest BCUT2D eigenvalue weighted by molar-refractivity contribution is 7.86. The van der Waals surface area contributed by atoms with Crippen molar-refractivity contribution in [2.45, 2.75) is 25.3 Å². The maximum absolute atomic E-state index is 12.4. The summed E-state index contributed by atoms with van der Waals surface area (Å²) in [4.78, 5) is 4.34. The summed E-state index contributed by atoms with van der Waals surface area (Å²) in [6, 6.07) is 7.15. The topological polar surface area (TPSA) is 100 Å². The van der Waals surface area contributed by atoms with Crippen LogP contribution in [-0.4, -0.2) is 63.3 Å². The molecule has 0 aromatic heterocycles. The van der Waals surface area contributed by atoms with Crippen LogP contribution in [0.3, 0.4) is 0 Å². The Hall–Kier alpha value is -1.84. The molecule has 0 bridgehead atoms. The second-order valence-corrected chi connectivity index (χ2v) is 8.22. The molecule has 9 heteroatoms. The van der Waals surface area contributed by atoms with Gasteiger partial charge in [0.15, 0.2) is 5.96 Å². The molecule has 1 aliphatic heterocycles. The molecule has 1 fully saturated rings. The molecule has 1 unspecified atom stereocenters. The molecule has 0 amide bonds. The Bertz CT molecular complexity index is 688. The number of nitrogens with two attached hydrogens (primary N) is 1. The van der Waals surface area contributed by atoms with Gasteiger partial charge in [-0.25, -0.2) is 0 Å². The number of piperidine rings is 1. The molecular formula is C16H27N5O3S. The smallest absolute Gasteiger partial charge is 0.281 e. The molecule has 8 nitrogen and oxygen atoms in total. The number of ether oxygens (including phenoxy) is 1. The number of anilines is 1. The van der Waals surface area contributed by atoms with Gasteiger partial charge in [-0.15, -0.1) is 0 Å². The van der Waals surface area contributed by atoms with Crippen molar-refractivity contribution < 1.29 is 13.2 Å². The number of benzene rings is 1. The first-order chi connectivity index (χ1) is 11.8. The van der Waals surface area contributed by atoms with Crippen molar-refractivity contribution in [2.75, 3.05) is 39.6 Å². The quantitative estimate of drug-likeness (QED) is 0.577. The van der Waals surface area contributed by atoms with Crippen molar-refractivity contribution in [3.63, 3.8) is 0 Å². The number of guanidine groups is 1. The van der Waals surface area contributed by atoms with E-state index in [-0.39, 0.29) is 12.0 Å². The molecule has 25 heavy (non-hydrogen) atoms. The van der Waals surface area contributed by atoms with Crippen LogP contribution in [0.2, 0.25) is 0 Å². The Morgan fingerprint density at radius 2 is 2.04 bits per heavy atom. The molecule has 1 heterocycles. The van der Waals surface area contributed by atoms with E-state index in [0.29, 0.717) is 13.1 Å². The van der Waals surface area contributed by atoms with E-state index in [1.165, 1.54) is 8.61 Å². The molecule has 140 valence electrons. The zero-order valence-electron chi connectivity index (χ0n) is 15.0. The summed E-state index contributed by atoms with van der Waals surface area (Å²) in [6.45, 7) is 0.856. The van der Waals surface area contributed by atoms with Crippen LogP contribution in [0.4, 0.5) is 5.69 Å². The van der Waals surface area contributed by atoms with Crippen LogP contribution >= 0.6 is 0 Å². The third-order valence-electron chi connectivity index (χ3n) is 4.17. The average molecular weight is 369 g/mol. The van der Waals surface area contributed by atoms with Gasteiger partial charge in [0.1, 0.15) is 5.75 Å². The number of methoxy groups -OCH3 is 1. The van der Waals surface area contributed by atoms with E-state index in [0.717, 1.165) is 30.7 Å². The average Bonchev–Trinajstić information content (AvgIpc) is 2.60. The molecule has 1 aromatic rings. The van der Waals surface area contributed by atoms with Crippen LogP contribution in [0, 0.1) is 0 Å². The van der Waals surface area contributed by atoms with Crippen molar-refractivity contribution in [3.8, 4) is 5.75 Å². The van der Waals surface area contributed by atoms with Gasteiger partial charge in [-0.3, -0.25) is 4.99 Å². The van der Waals surface area contributed by atoms with Gasteiger partial charge in [0, 0.05) is 32.4 Å². The van der Waals surface area contributed by atoms with Gasteiger partial charge < -0.3 is 15.8 Å². The highest BCUT2D eigenvalue weighted by Gasteiger charge is 2.33. The molecule has 0 aliphatic carbocycles. The van der Waals surface area contributed by atoms with Gasteiger partial charge in [0.2, 0.25) is 0 Å². The van der Waals surface area contributed by atoms with Crippen LogP contribution < -0.4 is 15.8 Å². The van der Waals surface area contributed by atoms with Gasteiger partial charge in [-0.1, -0.05) is 6.42 Å². The minimum atomic E-state index is -3.44. The van der Waals surface area contributed by atoms with Crippen LogP contribution in [-0.2, 0) is 10.2 Å². The summed E-state index contributed by atoms with van der Waals surface area (Å²) in [7, 11) is 1.26. The zero-order valence-corrected chi connectivity index (χ0v) is 15.8. The lowest BCUT2D eigenvalue weighted by molar-refractivity contribution is 0.245.